The minimum Gasteiger partial charge on any atom is -0.355 e. The van der Waals surface area contributed by atoms with Crippen molar-refractivity contribution in [2.45, 2.75) is 13.0 Å². The number of amides is 2. The molecule has 0 unspecified atom stereocenters. The van der Waals surface area contributed by atoms with Gasteiger partial charge >= 0.3 is 0 Å². The lowest BCUT2D eigenvalue weighted by Gasteiger charge is -2.05. The average molecular weight is 255 g/mol. The molecule has 0 spiro atoms. The smallest absolute Gasteiger partial charge is 0.234 e. The first-order valence-electron chi connectivity index (χ1n) is 5.35. The summed E-state index contributed by atoms with van der Waals surface area (Å²) in [6.45, 7) is 0.815. The van der Waals surface area contributed by atoms with E-state index in [9.17, 15) is 9.59 Å². The molecule has 1 rings (SSSR count). The van der Waals surface area contributed by atoms with Gasteiger partial charge in [-0.25, -0.2) is 0 Å². The van der Waals surface area contributed by atoms with Gasteiger partial charge in [-0.15, -0.1) is 11.6 Å². The van der Waals surface area contributed by atoms with Gasteiger partial charge in [0.15, 0.2) is 0 Å². The molecule has 5 heteroatoms. The minimum atomic E-state index is -0.262. The summed E-state index contributed by atoms with van der Waals surface area (Å²) in [6.07, 6.45) is 0.259. The van der Waals surface area contributed by atoms with E-state index < -0.39 is 0 Å². The molecule has 0 radical (unpaired) electrons. The lowest BCUT2D eigenvalue weighted by molar-refractivity contribution is -0.121. The summed E-state index contributed by atoms with van der Waals surface area (Å²) in [6, 6.07) is 9.64. The molecule has 92 valence electrons. The molecule has 4 nitrogen and oxygen atoms in total. The molecular weight excluding hydrogens is 240 g/mol. The Balaban J connectivity index is 2.16. The van der Waals surface area contributed by atoms with E-state index in [2.05, 4.69) is 10.6 Å². The second kappa shape index (κ2) is 7.68. The number of hydrogen-bond donors (Lipinski definition) is 2. The van der Waals surface area contributed by atoms with Crippen LogP contribution in [0, 0.1) is 0 Å². The van der Waals surface area contributed by atoms with Crippen LogP contribution in [0.25, 0.3) is 0 Å². The lowest BCUT2D eigenvalue weighted by atomic mass is 10.2. The van der Waals surface area contributed by atoms with Crippen molar-refractivity contribution in [2.75, 3.05) is 12.4 Å². The second-order valence-corrected chi connectivity index (χ2v) is 3.76. The van der Waals surface area contributed by atoms with Gasteiger partial charge in [0.05, 0.1) is 0 Å². The number of halogens is 1. The van der Waals surface area contributed by atoms with Crippen molar-refractivity contribution in [3.63, 3.8) is 0 Å². The van der Waals surface area contributed by atoms with Crippen LogP contribution in [0.1, 0.15) is 12.0 Å². The van der Waals surface area contributed by atoms with Gasteiger partial charge in [0.1, 0.15) is 5.88 Å². The highest BCUT2D eigenvalue weighted by atomic mass is 35.5. The van der Waals surface area contributed by atoms with Crippen LogP contribution in [-0.4, -0.2) is 24.2 Å². The minimum absolute atomic E-state index is 0.0777. The predicted molar refractivity (Wildman–Crippen MR) is 66.6 cm³/mol. The van der Waals surface area contributed by atoms with Crippen molar-refractivity contribution >= 4 is 23.4 Å². The average Bonchev–Trinajstić information content (AvgIpc) is 2.37. The quantitative estimate of drug-likeness (QED) is 0.746. The highest BCUT2D eigenvalue weighted by Gasteiger charge is 2.02. The Morgan fingerprint density at radius 2 is 1.76 bits per heavy atom. The fourth-order valence-corrected chi connectivity index (χ4v) is 1.34. The zero-order valence-electron chi connectivity index (χ0n) is 9.41. The Morgan fingerprint density at radius 3 is 2.41 bits per heavy atom. The van der Waals surface area contributed by atoms with Crippen LogP contribution in [0.4, 0.5) is 0 Å². The Kier molecular flexibility index (Phi) is 6.10. The molecule has 2 amide bonds. The largest absolute Gasteiger partial charge is 0.355 e. The zero-order chi connectivity index (χ0) is 12.5. The first kappa shape index (κ1) is 13.5. The molecule has 1 aromatic carbocycles. The van der Waals surface area contributed by atoms with E-state index in [-0.39, 0.29) is 24.1 Å². The van der Waals surface area contributed by atoms with Crippen LogP contribution < -0.4 is 10.6 Å². The Labute approximate surface area is 105 Å². The summed E-state index contributed by atoms with van der Waals surface area (Å²) in [5.74, 6) is -0.433. The number of rotatable bonds is 6. The van der Waals surface area contributed by atoms with Crippen molar-refractivity contribution in [2.24, 2.45) is 0 Å². The van der Waals surface area contributed by atoms with E-state index in [1.54, 1.807) is 0 Å². The molecule has 0 saturated heterocycles. The molecule has 0 aliphatic rings. The maximum absolute atomic E-state index is 11.4. The first-order valence-corrected chi connectivity index (χ1v) is 5.89. The van der Waals surface area contributed by atoms with Crippen LogP contribution >= 0.6 is 11.6 Å². The summed E-state index contributed by atoms with van der Waals surface area (Å²) in [7, 11) is 0. The molecule has 0 saturated carbocycles. The highest BCUT2D eigenvalue weighted by Crippen LogP contribution is 1.97. The molecule has 17 heavy (non-hydrogen) atoms. The molecule has 1 aromatic rings. The maximum Gasteiger partial charge on any atom is 0.234 e. The Morgan fingerprint density at radius 1 is 1.06 bits per heavy atom. The standard InChI is InChI=1S/C12H15ClN2O2/c13-8-12(17)14-7-6-11(16)15-9-10-4-2-1-3-5-10/h1-5H,6-9H2,(H,14,17)(H,15,16). The van der Waals surface area contributed by atoms with Gasteiger partial charge < -0.3 is 10.6 Å². The van der Waals surface area contributed by atoms with E-state index in [1.165, 1.54) is 0 Å². The summed E-state index contributed by atoms with van der Waals surface area (Å²) in [5.41, 5.74) is 1.05. The number of benzene rings is 1. The van der Waals surface area contributed by atoms with Crippen molar-refractivity contribution in [1.82, 2.24) is 10.6 Å². The number of nitrogens with one attached hydrogen (secondary N) is 2. The number of hydrogen-bond acceptors (Lipinski definition) is 2. The fraction of sp³-hybridized carbons (Fsp3) is 0.333. The summed E-state index contributed by atoms with van der Waals surface area (Å²) in [4.78, 5) is 22.2. The van der Waals surface area contributed by atoms with Gasteiger partial charge in [0.2, 0.25) is 11.8 Å². The SMILES string of the molecule is O=C(CCl)NCCC(=O)NCc1ccccc1. The maximum atomic E-state index is 11.4. The third-order valence-corrected chi connectivity index (χ3v) is 2.37. The van der Waals surface area contributed by atoms with E-state index in [4.69, 9.17) is 11.6 Å². The monoisotopic (exact) mass is 254 g/mol. The van der Waals surface area contributed by atoms with E-state index in [1.807, 2.05) is 30.3 Å². The van der Waals surface area contributed by atoms with Gasteiger partial charge in [-0.05, 0) is 5.56 Å². The normalized spacial score (nSPS) is 9.71. The summed E-state index contributed by atoms with van der Waals surface area (Å²) >= 11 is 5.30. The van der Waals surface area contributed by atoms with Crippen molar-refractivity contribution in [1.29, 1.82) is 0 Å². The third-order valence-electron chi connectivity index (χ3n) is 2.13. The molecule has 2 N–H and O–H groups in total. The van der Waals surface area contributed by atoms with Gasteiger partial charge in [-0.2, -0.15) is 0 Å². The van der Waals surface area contributed by atoms with Crippen LogP contribution in [0.5, 0.6) is 0 Å². The number of carbonyl (C=O) groups is 2. The highest BCUT2D eigenvalue weighted by molar-refractivity contribution is 6.27. The van der Waals surface area contributed by atoms with E-state index in [0.717, 1.165) is 5.56 Å². The van der Waals surface area contributed by atoms with Gasteiger partial charge in [0, 0.05) is 19.5 Å². The van der Waals surface area contributed by atoms with E-state index in [0.29, 0.717) is 13.1 Å². The van der Waals surface area contributed by atoms with Crippen molar-refractivity contribution in [3.05, 3.63) is 35.9 Å². The van der Waals surface area contributed by atoms with Gasteiger partial charge in [-0.3, -0.25) is 9.59 Å². The third kappa shape index (κ3) is 5.92. The van der Waals surface area contributed by atoms with Gasteiger partial charge in [0.25, 0.3) is 0 Å². The molecular formula is C12H15ClN2O2. The summed E-state index contributed by atoms with van der Waals surface area (Å²) < 4.78 is 0. The molecule has 0 aromatic heterocycles. The molecule has 0 fully saturated rings. The molecule has 0 heterocycles. The van der Waals surface area contributed by atoms with Crippen LogP contribution in [0.15, 0.2) is 30.3 Å². The molecule has 0 atom stereocenters. The van der Waals surface area contributed by atoms with Gasteiger partial charge in [-0.1, -0.05) is 30.3 Å². The Bertz CT molecular complexity index is 368. The molecule has 0 aliphatic carbocycles. The molecule has 0 bridgehead atoms. The van der Waals surface area contributed by atoms with Crippen molar-refractivity contribution in [3.8, 4) is 0 Å². The number of carbonyl (C=O) groups excluding carboxylic acids is 2. The van der Waals surface area contributed by atoms with Crippen LogP contribution in [-0.2, 0) is 16.1 Å². The predicted octanol–water partition coefficient (Wildman–Crippen LogP) is 1.05. The topological polar surface area (TPSA) is 58.2 Å². The molecule has 0 aliphatic heterocycles. The van der Waals surface area contributed by atoms with Crippen LogP contribution in [0.2, 0.25) is 0 Å². The van der Waals surface area contributed by atoms with Crippen molar-refractivity contribution < 1.29 is 9.59 Å². The lowest BCUT2D eigenvalue weighted by Crippen LogP contribution is -2.31. The fourth-order valence-electron chi connectivity index (χ4n) is 1.25. The summed E-state index contributed by atoms with van der Waals surface area (Å²) in [5, 5.41) is 5.30. The van der Waals surface area contributed by atoms with Crippen LogP contribution in [0.3, 0.4) is 0 Å². The zero-order valence-corrected chi connectivity index (χ0v) is 10.2. The number of alkyl halides is 1. The van der Waals surface area contributed by atoms with E-state index >= 15 is 0 Å². The second-order valence-electron chi connectivity index (χ2n) is 3.50. The Hall–Kier alpha value is -1.55. The first-order chi connectivity index (χ1) is 8.22.